The number of rotatable bonds is 3. The lowest BCUT2D eigenvalue weighted by Crippen LogP contribution is -2.48. The normalized spacial score (nSPS) is 17.1. The first kappa shape index (κ1) is 16.5. The third-order valence-corrected chi connectivity index (χ3v) is 5.82. The van der Waals surface area contributed by atoms with Crippen LogP contribution in [0.3, 0.4) is 0 Å². The van der Waals surface area contributed by atoms with Gasteiger partial charge in [0.1, 0.15) is 0 Å². The maximum Gasteiger partial charge on any atom is 0.315 e. The lowest BCUT2D eigenvalue weighted by molar-refractivity contribution is 0.228. The molecule has 1 saturated carbocycles. The van der Waals surface area contributed by atoms with Gasteiger partial charge in [0.05, 0.1) is 28.5 Å². The molecule has 0 bridgehead atoms. The molecule has 6 nitrogen and oxygen atoms in total. The van der Waals surface area contributed by atoms with Crippen LogP contribution in [-0.2, 0) is 18.4 Å². The topological polar surface area (TPSA) is 82.7 Å². The fraction of sp³-hybridized carbons (Fsp3) is 0.476. The molecule has 0 radical (unpaired) electrons. The Bertz CT molecular complexity index is 1050. The second-order valence-corrected chi connectivity index (χ2v) is 8.41. The molecular formula is C21H25N5O. The molecule has 27 heavy (non-hydrogen) atoms. The standard InChI is InChI=1S/C21H25N5O/c1-21(2,25-20(27)23-12-7-8-12)19-14-6-4-3-5-13(14)18-15-11-22-26-16(15)9-10-17(18)24-19/h9-12H,3-8H2,1-2H3,(H,22,26)(H2,23,25,27). The molecular weight excluding hydrogens is 338 g/mol. The molecule has 0 saturated heterocycles. The molecule has 5 rings (SSSR count). The number of aromatic amines is 1. The van der Waals surface area contributed by atoms with Gasteiger partial charge in [-0.3, -0.25) is 10.1 Å². The summed E-state index contributed by atoms with van der Waals surface area (Å²) in [5.74, 6) is 0. The van der Waals surface area contributed by atoms with E-state index in [0.717, 1.165) is 47.8 Å². The number of H-pyrrole nitrogens is 1. The Labute approximate surface area is 158 Å². The highest BCUT2D eigenvalue weighted by molar-refractivity contribution is 6.07. The zero-order chi connectivity index (χ0) is 18.6. The molecule has 3 N–H and O–H groups in total. The van der Waals surface area contributed by atoms with Crippen LogP contribution in [0.4, 0.5) is 4.79 Å². The number of urea groups is 1. The second kappa shape index (κ2) is 5.94. The van der Waals surface area contributed by atoms with E-state index < -0.39 is 5.54 Å². The third-order valence-electron chi connectivity index (χ3n) is 5.82. The summed E-state index contributed by atoms with van der Waals surface area (Å²) in [5.41, 5.74) is 5.19. The summed E-state index contributed by atoms with van der Waals surface area (Å²) in [4.78, 5) is 17.4. The summed E-state index contributed by atoms with van der Waals surface area (Å²) in [6, 6.07) is 4.35. The SMILES string of the molecule is CC(C)(NC(=O)NC1CC1)c1nc2ccc3[nH]ncc3c2c2c1CCCC2. The summed E-state index contributed by atoms with van der Waals surface area (Å²) >= 11 is 0. The number of hydrogen-bond donors (Lipinski definition) is 3. The molecule has 140 valence electrons. The largest absolute Gasteiger partial charge is 0.335 e. The molecule has 2 aromatic heterocycles. The average molecular weight is 363 g/mol. The van der Waals surface area contributed by atoms with Crippen LogP contribution in [0.25, 0.3) is 21.8 Å². The van der Waals surface area contributed by atoms with Gasteiger partial charge < -0.3 is 10.6 Å². The molecule has 1 aromatic carbocycles. The van der Waals surface area contributed by atoms with Crippen molar-refractivity contribution in [1.29, 1.82) is 0 Å². The maximum absolute atomic E-state index is 12.4. The summed E-state index contributed by atoms with van der Waals surface area (Å²) in [5, 5.41) is 15.8. The van der Waals surface area contributed by atoms with E-state index >= 15 is 0 Å². The van der Waals surface area contributed by atoms with Crippen molar-refractivity contribution in [3.8, 4) is 0 Å². The third kappa shape index (κ3) is 2.83. The van der Waals surface area contributed by atoms with Crippen LogP contribution in [0.15, 0.2) is 18.3 Å². The average Bonchev–Trinajstić information content (AvgIpc) is 3.32. The van der Waals surface area contributed by atoms with E-state index in [1.807, 2.05) is 12.3 Å². The molecule has 2 heterocycles. The van der Waals surface area contributed by atoms with Crippen molar-refractivity contribution in [3.63, 3.8) is 0 Å². The number of carbonyl (C=O) groups is 1. The molecule has 2 aliphatic carbocycles. The Morgan fingerprint density at radius 2 is 1.96 bits per heavy atom. The van der Waals surface area contributed by atoms with Gasteiger partial charge in [0, 0.05) is 16.8 Å². The maximum atomic E-state index is 12.4. The Kier molecular flexibility index (Phi) is 3.64. The van der Waals surface area contributed by atoms with Crippen LogP contribution < -0.4 is 10.6 Å². The molecule has 1 fully saturated rings. The number of aryl methyl sites for hydroxylation is 1. The van der Waals surface area contributed by atoms with E-state index in [-0.39, 0.29) is 6.03 Å². The van der Waals surface area contributed by atoms with Gasteiger partial charge in [0.15, 0.2) is 0 Å². The molecule has 0 atom stereocenters. The van der Waals surface area contributed by atoms with Crippen LogP contribution in [0.5, 0.6) is 0 Å². The van der Waals surface area contributed by atoms with Gasteiger partial charge in [-0.05, 0) is 75.6 Å². The second-order valence-electron chi connectivity index (χ2n) is 8.41. The van der Waals surface area contributed by atoms with Crippen molar-refractivity contribution in [2.75, 3.05) is 0 Å². The molecule has 2 aliphatic rings. The van der Waals surface area contributed by atoms with Gasteiger partial charge in [-0.15, -0.1) is 0 Å². The Morgan fingerprint density at radius 3 is 2.74 bits per heavy atom. The van der Waals surface area contributed by atoms with Crippen molar-refractivity contribution in [2.45, 2.75) is 64.0 Å². The fourth-order valence-corrected chi connectivity index (χ4v) is 4.36. The molecule has 0 spiro atoms. The van der Waals surface area contributed by atoms with Gasteiger partial charge in [0.2, 0.25) is 0 Å². The monoisotopic (exact) mass is 363 g/mol. The first-order chi connectivity index (χ1) is 13.0. The fourth-order valence-electron chi connectivity index (χ4n) is 4.36. The highest BCUT2D eigenvalue weighted by Gasteiger charge is 2.32. The first-order valence-corrected chi connectivity index (χ1v) is 9.89. The number of nitrogens with one attached hydrogen (secondary N) is 3. The zero-order valence-corrected chi connectivity index (χ0v) is 15.9. The number of hydrogen-bond acceptors (Lipinski definition) is 3. The van der Waals surface area contributed by atoms with Crippen LogP contribution in [-0.4, -0.2) is 27.3 Å². The molecule has 0 unspecified atom stereocenters. The Morgan fingerprint density at radius 1 is 1.19 bits per heavy atom. The quantitative estimate of drug-likeness (QED) is 0.664. The van der Waals surface area contributed by atoms with E-state index in [0.29, 0.717) is 6.04 Å². The van der Waals surface area contributed by atoms with E-state index in [1.165, 1.54) is 29.4 Å². The number of pyridine rings is 1. The number of aromatic nitrogens is 3. The highest BCUT2D eigenvalue weighted by Crippen LogP contribution is 2.37. The number of amides is 2. The minimum Gasteiger partial charge on any atom is -0.335 e. The number of fused-ring (bicyclic) bond motifs is 5. The van der Waals surface area contributed by atoms with Gasteiger partial charge in [-0.1, -0.05) is 0 Å². The van der Waals surface area contributed by atoms with Crippen molar-refractivity contribution in [1.82, 2.24) is 25.8 Å². The van der Waals surface area contributed by atoms with Crippen molar-refractivity contribution in [2.24, 2.45) is 0 Å². The number of nitrogens with zero attached hydrogens (tertiary/aromatic N) is 2. The lowest BCUT2D eigenvalue weighted by Gasteiger charge is -2.31. The Balaban J connectivity index is 1.65. The molecule has 2 amide bonds. The van der Waals surface area contributed by atoms with E-state index in [1.54, 1.807) is 0 Å². The molecule has 0 aliphatic heterocycles. The lowest BCUT2D eigenvalue weighted by atomic mass is 9.82. The minimum absolute atomic E-state index is 0.0979. The van der Waals surface area contributed by atoms with Crippen molar-refractivity contribution in [3.05, 3.63) is 35.2 Å². The van der Waals surface area contributed by atoms with Gasteiger partial charge in [-0.2, -0.15) is 5.10 Å². The Hall–Kier alpha value is -2.63. The van der Waals surface area contributed by atoms with Gasteiger partial charge in [0.25, 0.3) is 0 Å². The van der Waals surface area contributed by atoms with E-state index in [4.69, 9.17) is 4.98 Å². The van der Waals surface area contributed by atoms with Crippen molar-refractivity contribution < 1.29 is 4.79 Å². The number of benzene rings is 1. The zero-order valence-electron chi connectivity index (χ0n) is 15.9. The number of carbonyl (C=O) groups excluding carboxylic acids is 1. The van der Waals surface area contributed by atoms with Crippen molar-refractivity contribution >= 4 is 27.8 Å². The highest BCUT2D eigenvalue weighted by atomic mass is 16.2. The van der Waals surface area contributed by atoms with Gasteiger partial charge in [-0.25, -0.2) is 4.79 Å². The van der Waals surface area contributed by atoms with E-state index in [9.17, 15) is 4.79 Å². The van der Waals surface area contributed by atoms with Gasteiger partial charge >= 0.3 is 6.03 Å². The van der Waals surface area contributed by atoms with Crippen LogP contribution >= 0.6 is 0 Å². The van der Waals surface area contributed by atoms with E-state index in [2.05, 4.69) is 40.7 Å². The summed E-state index contributed by atoms with van der Waals surface area (Å²) in [6.07, 6.45) is 8.48. The summed E-state index contributed by atoms with van der Waals surface area (Å²) in [7, 11) is 0. The van der Waals surface area contributed by atoms with Crippen LogP contribution in [0.1, 0.15) is 56.4 Å². The summed E-state index contributed by atoms with van der Waals surface area (Å²) in [6.45, 7) is 4.11. The first-order valence-electron chi connectivity index (χ1n) is 9.89. The predicted molar refractivity (Wildman–Crippen MR) is 106 cm³/mol. The molecule has 6 heteroatoms. The summed E-state index contributed by atoms with van der Waals surface area (Å²) < 4.78 is 0. The van der Waals surface area contributed by atoms with Crippen LogP contribution in [0, 0.1) is 0 Å². The smallest absolute Gasteiger partial charge is 0.315 e. The van der Waals surface area contributed by atoms with Crippen LogP contribution in [0.2, 0.25) is 0 Å². The predicted octanol–water partition coefficient (Wildman–Crippen LogP) is 3.69. The molecule has 3 aromatic rings. The minimum atomic E-state index is -0.528.